The van der Waals surface area contributed by atoms with E-state index in [0.717, 1.165) is 49.6 Å². The lowest BCUT2D eigenvalue weighted by Gasteiger charge is -2.32. The fraction of sp³-hybridized carbons (Fsp3) is 0.850. The van der Waals surface area contributed by atoms with Crippen molar-refractivity contribution in [3.05, 3.63) is 11.6 Å². The van der Waals surface area contributed by atoms with Crippen molar-refractivity contribution in [2.24, 2.45) is 16.8 Å². The molecule has 2 aliphatic rings. The van der Waals surface area contributed by atoms with Crippen molar-refractivity contribution in [1.29, 1.82) is 0 Å². The normalized spacial score (nSPS) is 23.3. The Morgan fingerprint density at radius 3 is 2.63 bits per heavy atom. The summed E-state index contributed by atoms with van der Waals surface area (Å²) in [5.74, 6) is 4.91. The molecule has 0 atom stereocenters. The van der Waals surface area contributed by atoms with Crippen molar-refractivity contribution in [1.82, 2.24) is 25.4 Å². The second kappa shape index (κ2) is 11.2. The van der Waals surface area contributed by atoms with E-state index in [1.165, 1.54) is 50.8 Å². The van der Waals surface area contributed by atoms with Gasteiger partial charge in [0, 0.05) is 39.0 Å². The van der Waals surface area contributed by atoms with Gasteiger partial charge in [0.05, 0.1) is 0 Å². The van der Waals surface area contributed by atoms with Crippen LogP contribution in [-0.2, 0) is 19.4 Å². The molecule has 2 N–H and O–H groups in total. The largest absolute Gasteiger partial charge is 0.356 e. The third kappa shape index (κ3) is 6.32. The molecule has 1 aliphatic carbocycles. The van der Waals surface area contributed by atoms with Gasteiger partial charge in [-0.1, -0.05) is 20.3 Å². The zero-order valence-corrected chi connectivity index (χ0v) is 19.5. The van der Waals surface area contributed by atoms with E-state index in [9.17, 15) is 0 Å². The molecule has 0 aromatic carbocycles. The number of rotatable bonds is 5. The number of guanidine groups is 1. The molecule has 154 valence electrons. The lowest BCUT2D eigenvalue weighted by Crippen LogP contribution is -2.45. The summed E-state index contributed by atoms with van der Waals surface area (Å²) in [6.45, 7) is 6.62. The highest BCUT2D eigenvalue weighted by Crippen LogP contribution is 2.29. The fourth-order valence-electron chi connectivity index (χ4n) is 4.34. The van der Waals surface area contributed by atoms with Crippen LogP contribution in [0.1, 0.15) is 70.4 Å². The second-order valence-electron chi connectivity index (χ2n) is 8.24. The molecule has 27 heavy (non-hydrogen) atoms. The van der Waals surface area contributed by atoms with Gasteiger partial charge in [-0.05, 0) is 50.4 Å². The zero-order chi connectivity index (χ0) is 18.4. The maximum absolute atomic E-state index is 4.42. The molecule has 1 aromatic rings. The molecule has 1 aromatic heterocycles. The summed E-state index contributed by atoms with van der Waals surface area (Å²) in [7, 11) is 1.86. The molecule has 0 radical (unpaired) electrons. The van der Waals surface area contributed by atoms with Crippen LogP contribution in [0, 0.1) is 11.8 Å². The summed E-state index contributed by atoms with van der Waals surface area (Å²) in [4.78, 5) is 4.41. The molecule has 1 fully saturated rings. The standard InChI is InChI=1S/C20H36N6.HI/c1-15(2)16-8-10-17(11-9-16)23-20(21-3)22-13-12-19-25-24-18-7-5-4-6-14-26(18)19;/h15-17H,4-14H2,1-3H3,(H2,21,22,23);1H. The number of aromatic nitrogens is 3. The molecule has 7 heteroatoms. The first-order valence-electron chi connectivity index (χ1n) is 10.6. The molecule has 0 amide bonds. The minimum Gasteiger partial charge on any atom is -0.356 e. The first-order chi connectivity index (χ1) is 12.7. The van der Waals surface area contributed by atoms with Crippen molar-refractivity contribution in [2.45, 2.75) is 84.2 Å². The first-order valence-corrected chi connectivity index (χ1v) is 10.6. The van der Waals surface area contributed by atoms with Crippen LogP contribution in [0.5, 0.6) is 0 Å². The maximum atomic E-state index is 4.42. The van der Waals surface area contributed by atoms with Gasteiger partial charge >= 0.3 is 0 Å². The lowest BCUT2D eigenvalue weighted by atomic mass is 9.80. The number of nitrogens with zero attached hydrogens (tertiary/aromatic N) is 4. The van der Waals surface area contributed by atoms with Crippen LogP contribution in [0.15, 0.2) is 4.99 Å². The topological polar surface area (TPSA) is 67.1 Å². The number of aryl methyl sites for hydroxylation is 1. The van der Waals surface area contributed by atoms with Gasteiger partial charge in [-0.3, -0.25) is 4.99 Å². The van der Waals surface area contributed by atoms with Gasteiger partial charge in [0.2, 0.25) is 0 Å². The summed E-state index contributed by atoms with van der Waals surface area (Å²) < 4.78 is 2.33. The number of nitrogens with one attached hydrogen (secondary N) is 2. The number of halogens is 1. The smallest absolute Gasteiger partial charge is 0.191 e. The molecular formula is C20H37IN6. The van der Waals surface area contributed by atoms with Gasteiger partial charge in [0.15, 0.2) is 5.96 Å². The Morgan fingerprint density at radius 2 is 1.93 bits per heavy atom. The summed E-state index contributed by atoms with van der Waals surface area (Å²) in [5, 5.41) is 15.9. The van der Waals surface area contributed by atoms with Crippen molar-refractivity contribution in [2.75, 3.05) is 13.6 Å². The molecule has 0 saturated heterocycles. The van der Waals surface area contributed by atoms with Crippen LogP contribution < -0.4 is 10.6 Å². The van der Waals surface area contributed by atoms with Crippen LogP contribution in [-0.4, -0.2) is 40.4 Å². The zero-order valence-electron chi connectivity index (χ0n) is 17.2. The monoisotopic (exact) mass is 488 g/mol. The number of hydrogen-bond donors (Lipinski definition) is 2. The predicted molar refractivity (Wildman–Crippen MR) is 122 cm³/mol. The van der Waals surface area contributed by atoms with E-state index in [4.69, 9.17) is 0 Å². The van der Waals surface area contributed by atoms with Crippen LogP contribution in [0.3, 0.4) is 0 Å². The first kappa shape index (κ1) is 22.4. The van der Waals surface area contributed by atoms with Crippen molar-refractivity contribution < 1.29 is 0 Å². The molecule has 0 bridgehead atoms. The average molecular weight is 488 g/mol. The van der Waals surface area contributed by atoms with Crippen LogP contribution >= 0.6 is 24.0 Å². The minimum atomic E-state index is 0. The molecule has 0 spiro atoms. The highest BCUT2D eigenvalue weighted by atomic mass is 127. The third-order valence-electron chi connectivity index (χ3n) is 6.11. The van der Waals surface area contributed by atoms with E-state index in [1.54, 1.807) is 0 Å². The van der Waals surface area contributed by atoms with E-state index in [2.05, 4.69) is 44.2 Å². The molecule has 6 nitrogen and oxygen atoms in total. The van der Waals surface area contributed by atoms with E-state index in [1.807, 2.05) is 7.05 Å². The molecular weight excluding hydrogens is 451 g/mol. The van der Waals surface area contributed by atoms with Crippen LogP contribution in [0.25, 0.3) is 0 Å². The predicted octanol–water partition coefficient (Wildman–Crippen LogP) is 3.54. The maximum Gasteiger partial charge on any atom is 0.191 e. The Kier molecular flexibility index (Phi) is 9.32. The third-order valence-corrected chi connectivity index (χ3v) is 6.11. The molecule has 1 saturated carbocycles. The highest BCUT2D eigenvalue weighted by Gasteiger charge is 2.23. The van der Waals surface area contributed by atoms with Crippen molar-refractivity contribution in [3.8, 4) is 0 Å². The fourth-order valence-corrected chi connectivity index (χ4v) is 4.34. The number of aliphatic imine (C=N–C) groups is 1. The lowest BCUT2D eigenvalue weighted by molar-refractivity contribution is 0.250. The average Bonchev–Trinajstić information content (AvgIpc) is 2.88. The van der Waals surface area contributed by atoms with Gasteiger partial charge in [-0.2, -0.15) is 0 Å². The SMILES string of the molecule is CN=C(NCCc1nnc2n1CCCCC2)NC1CCC(C(C)C)CC1.I. The Labute approximate surface area is 181 Å². The van der Waals surface area contributed by atoms with Crippen molar-refractivity contribution >= 4 is 29.9 Å². The van der Waals surface area contributed by atoms with Crippen LogP contribution in [0.2, 0.25) is 0 Å². The van der Waals surface area contributed by atoms with Gasteiger partial charge in [0.25, 0.3) is 0 Å². The minimum absolute atomic E-state index is 0. The molecule has 1 aliphatic heterocycles. The highest BCUT2D eigenvalue weighted by molar-refractivity contribution is 14.0. The van der Waals surface area contributed by atoms with Crippen molar-refractivity contribution in [3.63, 3.8) is 0 Å². The van der Waals surface area contributed by atoms with Gasteiger partial charge in [-0.15, -0.1) is 34.2 Å². The number of fused-ring (bicyclic) bond motifs is 1. The molecule has 0 unspecified atom stereocenters. The van der Waals surface area contributed by atoms with E-state index < -0.39 is 0 Å². The van der Waals surface area contributed by atoms with E-state index >= 15 is 0 Å². The summed E-state index contributed by atoms with van der Waals surface area (Å²) in [6, 6.07) is 0.556. The second-order valence-corrected chi connectivity index (χ2v) is 8.24. The Balaban J connectivity index is 0.00000261. The Morgan fingerprint density at radius 1 is 1.15 bits per heavy atom. The Bertz CT molecular complexity index is 589. The summed E-state index contributed by atoms with van der Waals surface area (Å²) in [5.41, 5.74) is 0. The van der Waals surface area contributed by atoms with Gasteiger partial charge < -0.3 is 15.2 Å². The van der Waals surface area contributed by atoms with E-state index in [0.29, 0.717) is 6.04 Å². The number of hydrogen-bond acceptors (Lipinski definition) is 3. The summed E-state index contributed by atoms with van der Waals surface area (Å²) in [6.07, 6.45) is 10.9. The Hall–Kier alpha value is -0.860. The quantitative estimate of drug-likeness (QED) is 0.378. The molecule has 3 rings (SSSR count). The molecule has 2 heterocycles. The van der Waals surface area contributed by atoms with Gasteiger partial charge in [-0.25, -0.2) is 0 Å². The van der Waals surface area contributed by atoms with Gasteiger partial charge in [0.1, 0.15) is 11.6 Å². The summed E-state index contributed by atoms with van der Waals surface area (Å²) >= 11 is 0. The van der Waals surface area contributed by atoms with Crippen LogP contribution in [0.4, 0.5) is 0 Å². The van der Waals surface area contributed by atoms with E-state index in [-0.39, 0.29) is 24.0 Å².